The average molecular weight is 441 g/mol. The average Bonchev–Trinajstić information content (AvgIpc) is 2.82. The van der Waals surface area contributed by atoms with Crippen molar-refractivity contribution < 1.29 is 23.7 Å². The minimum atomic E-state index is -0.153. The van der Waals surface area contributed by atoms with Gasteiger partial charge in [-0.25, -0.2) is 0 Å². The highest BCUT2D eigenvalue weighted by molar-refractivity contribution is 6.09. The van der Waals surface area contributed by atoms with Gasteiger partial charge in [-0.05, 0) is 68.2 Å². The van der Waals surface area contributed by atoms with E-state index in [-0.39, 0.29) is 5.78 Å². The number of allylic oxidation sites excluding steroid dienone is 1. The summed E-state index contributed by atoms with van der Waals surface area (Å²) in [6.45, 7) is 10.5. The van der Waals surface area contributed by atoms with Crippen LogP contribution in [0.2, 0.25) is 0 Å². The van der Waals surface area contributed by atoms with Gasteiger partial charge in [0.25, 0.3) is 0 Å². The van der Waals surface area contributed by atoms with Gasteiger partial charge in [-0.15, -0.1) is 0 Å². The molecule has 0 aliphatic heterocycles. The second-order valence-corrected chi connectivity index (χ2v) is 7.42. The molecule has 5 heteroatoms. The maximum Gasteiger partial charge on any atom is 0.189 e. The smallest absolute Gasteiger partial charge is 0.189 e. The molecule has 174 valence electrons. The van der Waals surface area contributed by atoms with Crippen LogP contribution in [0.4, 0.5) is 0 Å². The van der Waals surface area contributed by atoms with Gasteiger partial charge in [0.2, 0.25) is 0 Å². The lowest BCUT2D eigenvalue weighted by atomic mass is 10.1. The third-order valence-corrected chi connectivity index (χ3v) is 4.49. The molecule has 0 fully saturated rings. The van der Waals surface area contributed by atoms with E-state index in [0.717, 1.165) is 42.7 Å². The molecule has 0 amide bonds. The molecule has 0 saturated heterocycles. The van der Waals surface area contributed by atoms with Gasteiger partial charge in [-0.1, -0.05) is 33.8 Å². The molecule has 0 unspecified atom stereocenters. The zero-order valence-electron chi connectivity index (χ0n) is 19.8. The summed E-state index contributed by atoms with van der Waals surface area (Å²) in [6.07, 6.45) is 6.87. The van der Waals surface area contributed by atoms with E-state index in [0.29, 0.717) is 43.5 Å². The fourth-order valence-electron chi connectivity index (χ4n) is 2.95. The fraction of sp³-hybridized carbons (Fsp3) is 0.444. The van der Waals surface area contributed by atoms with Crippen LogP contribution in [0.1, 0.15) is 69.3 Å². The number of carbonyl (C=O) groups excluding carboxylic acids is 1. The van der Waals surface area contributed by atoms with Crippen molar-refractivity contribution >= 4 is 11.9 Å². The number of hydrogen-bond acceptors (Lipinski definition) is 5. The highest BCUT2D eigenvalue weighted by Gasteiger charge is 2.16. The van der Waals surface area contributed by atoms with E-state index >= 15 is 0 Å². The Kier molecular flexibility index (Phi) is 11.2. The molecular formula is C27H36O5. The highest BCUT2D eigenvalue weighted by atomic mass is 16.5. The van der Waals surface area contributed by atoms with Crippen molar-refractivity contribution in [3.63, 3.8) is 0 Å². The fourth-order valence-corrected chi connectivity index (χ4v) is 2.95. The van der Waals surface area contributed by atoms with Crippen LogP contribution < -0.4 is 18.9 Å². The Bertz CT molecular complexity index is 872. The van der Waals surface area contributed by atoms with Gasteiger partial charge in [0, 0.05) is 5.56 Å². The van der Waals surface area contributed by atoms with Crippen LogP contribution >= 0.6 is 0 Å². The molecule has 32 heavy (non-hydrogen) atoms. The summed E-state index contributed by atoms with van der Waals surface area (Å²) in [6, 6.07) is 11.1. The molecule has 0 saturated carbocycles. The van der Waals surface area contributed by atoms with E-state index in [9.17, 15) is 4.79 Å². The summed E-state index contributed by atoms with van der Waals surface area (Å²) >= 11 is 0. The number of carbonyl (C=O) groups is 1. The quantitative estimate of drug-likeness (QED) is 0.227. The van der Waals surface area contributed by atoms with Crippen LogP contribution in [0, 0.1) is 0 Å². The molecule has 0 bridgehead atoms. The lowest BCUT2D eigenvalue weighted by Crippen LogP contribution is -2.06. The third-order valence-electron chi connectivity index (χ3n) is 4.49. The third kappa shape index (κ3) is 7.63. The van der Waals surface area contributed by atoms with E-state index in [4.69, 9.17) is 18.9 Å². The van der Waals surface area contributed by atoms with Gasteiger partial charge in [0.15, 0.2) is 17.3 Å². The van der Waals surface area contributed by atoms with Crippen LogP contribution in [0.5, 0.6) is 23.0 Å². The second kappa shape index (κ2) is 14.2. The Hall–Kier alpha value is -2.95. The zero-order chi connectivity index (χ0) is 23.2. The van der Waals surface area contributed by atoms with Gasteiger partial charge < -0.3 is 18.9 Å². The maximum absolute atomic E-state index is 13.1. The maximum atomic E-state index is 13.1. The Morgan fingerprint density at radius 2 is 1.38 bits per heavy atom. The van der Waals surface area contributed by atoms with Crippen molar-refractivity contribution in [2.24, 2.45) is 0 Å². The molecule has 0 atom stereocenters. The van der Waals surface area contributed by atoms with E-state index in [1.807, 2.05) is 44.2 Å². The molecule has 2 aromatic carbocycles. The molecule has 0 radical (unpaired) electrons. The minimum Gasteiger partial charge on any atom is -0.494 e. The van der Waals surface area contributed by atoms with Crippen LogP contribution in [0.3, 0.4) is 0 Å². The molecule has 0 aliphatic rings. The number of ether oxygens (including phenoxy) is 4. The summed E-state index contributed by atoms with van der Waals surface area (Å²) in [5, 5.41) is 0. The first kappa shape index (κ1) is 25.3. The molecule has 0 aromatic heterocycles. The SMILES string of the molecule is CCCOc1ccc(OCCC)c(C=CC(=O)c2cccc(OCCC)c2OCCC)c1. The van der Waals surface area contributed by atoms with Crippen LogP contribution in [-0.2, 0) is 0 Å². The van der Waals surface area contributed by atoms with Crippen molar-refractivity contribution in [2.45, 2.75) is 53.4 Å². The van der Waals surface area contributed by atoms with Crippen molar-refractivity contribution in [1.29, 1.82) is 0 Å². The summed E-state index contributed by atoms with van der Waals surface area (Å²) in [4.78, 5) is 13.1. The number of para-hydroxylation sites is 1. The molecule has 0 aliphatic carbocycles. The predicted octanol–water partition coefficient (Wildman–Crippen LogP) is 6.74. The van der Waals surface area contributed by atoms with Crippen molar-refractivity contribution in [3.8, 4) is 23.0 Å². The Morgan fingerprint density at radius 1 is 0.750 bits per heavy atom. The van der Waals surface area contributed by atoms with Crippen LogP contribution in [0.15, 0.2) is 42.5 Å². The predicted molar refractivity (Wildman–Crippen MR) is 129 cm³/mol. The normalized spacial score (nSPS) is 10.9. The number of hydrogen-bond donors (Lipinski definition) is 0. The molecule has 0 N–H and O–H groups in total. The lowest BCUT2D eigenvalue weighted by molar-refractivity contribution is 0.104. The second-order valence-electron chi connectivity index (χ2n) is 7.42. The topological polar surface area (TPSA) is 54.0 Å². The van der Waals surface area contributed by atoms with Gasteiger partial charge in [0.1, 0.15) is 11.5 Å². The van der Waals surface area contributed by atoms with E-state index < -0.39 is 0 Å². The zero-order valence-corrected chi connectivity index (χ0v) is 19.8. The summed E-state index contributed by atoms with van der Waals surface area (Å²) in [5.41, 5.74) is 1.28. The van der Waals surface area contributed by atoms with Crippen molar-refractivity contribution in [1.82, 2.24) is 0 Å². The molecule has 2 rings (SSSR count). The monoisotopic (exact) mass is 440 g/mol. The Morgan fingerprint density at radius 3 is 2.06 bits per heavy atom. The van der Waals surface area contributed by atoms with Crippen LogP contribution in [0.25, 0.3) is 6.08 Å². The summed E-state index contributed by atoms with van der Waals surface area (Å²) < 4.78 is 23.3. The summed E-state index contributed by atoms with van der Waals surface area (Å²) in [7, 11) is 0. The van der Waals surface area contributed by atoms with Crippen molar-refractivity contribution in [3.05, 3.63) is 53.6 Å². The van der Waals surface area contributed by atoms with Gasteiger partial charge in [0.05, 0.1) is 32.0 Å². The standard InChI is InChI=1S/C27H36O5/c1-5-16-29-22-13-15-25(30-17-6-2)21(20-22)12-14-24(28)23-10-9-11-26(31-18-7-3)27(23)32-19-8-4/h9-15,20H,5-8,16-19H2,1-4H3. The molecule has 5 nitrogen and oxygen atoms in total. The first-order valence-corrected chi connectivity index (χ1v) is 11.6. The number of rotatable bonds is 15. The Balaban J connectivity index is 2.33. The van der Waals surface area contributed by atoms with Crippen LogP contribution in [-0.4, -0.2) is 32.2 Å². The first-order valence-electron chi connectivity index (χ1n) is 11.6. The van der Waals surface area contributed by atoms with E-state index in [1.165, 1.54) is 0 Å². The largest absolute Gasteiger partial charge is 0.494 e. The number of benzene rings is 2. The molecule has 0 heterocycles. The van der Waals surface area contributed by atoms with Gasteiger partial charge in [-0.2, -0.15) is 0 Å². The highest BCUT2D eigenvalue weighted by Crippen LogP contribution is 2.33. The van der Waals surface area contributed by atoms with E-state index in [2.05, 4.69) is 13.8 Å². The molecule has 2 aromatic rings. The van der Waals surface area contributed by atoms with Gasteiger partial charge in [-0.3, -0.25) is 4.79 Å². The Labute approximate surface area is 192 Å². The summed E-state index contributed by atoms with van der Waals surface area (Å²) in [5.74, 6) is 2.42. The molecule has 0 spiro atoms. The van der Waals surface area contributed by atoms with E-state index in [1.54, 1.807) is 18.2 Å². The van der Waals surface area contributed by atoms with Crippen molar-refractivity contribution in [2.75, 3.05) is 26.4 Å². The lowest BCUT2D eigenvalue weighted by Gasteiger charge is -2.15. The molecular weight excluding hydrogens is 404 g/mol. The first-order chi connectivity index (χ1) is 15.6. The van der Waals surface area contributed by atoms with Gasteiger partial charge >= 0.3 is 0 Å². The number of ketones is 1. The minimum absolute atomic E-state index is 0.153.